The number of nitro groups is 1. The highest BCUT2D eigenvalue weighted by atomic mass is 32.1. The maximum Gasteiger partial charge on any atom is 0.271 e. The molecule has 0 saturated carbocycles. The van der Waals surface area contributed by atoms with E-state index in [9.17, 15) is 14.9 Å². The monoisotopic (exact) mass is 424 g/mol. The standard InChI is InChI=1S/C22H24N4O3S/c1-22(2,3)13-7-8-17-12(9-13)10-16-18(23)19(30-21(16)25-17)20(27)24-14-5-4-6-15(11-14)26(28)29/h4-6,10-11,13H,7-9,23H2,1-3H3,(H,24,27). The number of pyridine rings is 1. The molecule has 30 heavy (non-hydrogen) atoms. The Kier molecular flexibility index (Phi) is 4.97. The highest BCUT2D eigenvalue weighted by molar-refractivity contribution is 7.21. The predicted octanol–water partition coefficient (Wildman–Crippen LogP) is 5.19. The first-order chi connectivity index (χ1) is 14.1. The fraction of sp³-hybridized carbons (Fsp3) is 0.364. The number of carbonyl (C=O) groups excluding carboxylic acids is 1. The summed E-state index contributed by atoms with van der Waals surface area (Å²) < 4.78 is 0. The topological polar surface area (TPSA) is 111 Å². The third-order valence-corrected chi connectivity index (χ3v) is 6.95. The molecule has 0 fully saturated rings. The van der Waals surface area contributed by atoms with Crippen LogP contribution in [0.25, 0.3) is 10.2 Å². The normalized spacial score (nSPS) is 16.3. The smallest absolute Gasteiger partial charge is 0.271 e. The third-order valence-electron chi connectivity index (χ3n) is 5.83. The fourth-order valence-corrected chi connectivity index (χ4v) is 4.97. The number of thiophene rings is 1. The summed E-state index contributed by atoms with van der Waals surface area (Å²) in [5.74, 6) is 0.197. The summed E-state index contributed by atoms with van der Waals surface area (Å²) in [5, 5.41) is 14.5. The number of aryl methyl sites for hydroxylation is 1. The minimum Gasteiger partial charge on any atom is -0.397 e. The summed E-state index contributed by atoms with van der Waals surface area (Å²) in [5.41, 5.74) is 9.54. The van der Waals surface area contributed by atoms with E-state index in [1.54, 1.807) is 6.07 Å². The zero-order chi connectivity index (χ0) is 21.6. The third kappa shape index (κ3) is 3.75. The van der Waals surface area contributed by atoms with Gasteiger partial charge in [-0.15, -0.1) is 11.3 Å². The molecule has 0 aliphatic heterocycles. The van der Waals surface area contributed by atoms with Crippen LogP contribution in [-0.4, -0.2) is 15.8 Å². The lowest BCUT2D eigenvalue weighted by Gasteiger charge is -2.34. The number of fused-ring (bicyclic) bond motifs is 2. The van der Waals surface area contributed by atoms with Gasteiger partial charge in [0.1, 0.15) is 9.71 Å². The fourth-order valence-electron chi connectivity index (χ4n) is 3.98. The number of carbonyl (C=O) groups is 1. The van der Waals surface area contributed by atoms with Crippen LogP contribution < -0.4 is 11.1 Å². The summed E-state index contributed by atoms with van der Waals surface area (Å²) in [6.45, 7) is 6.80. The van der Waals surface area contributed by atoms with E-state index in [4.69, 9.17) is 10.7 Å². The molecular weight excluding hydrogens is 400 g/mol. The van der Waals surface area contributed by atoms with Gasteiger partial charge in [-0.1, -0.05) is 26.8 Å². The molecule has 2 heterocycles. The van der Waals surface area contributed by atoms with Crippen molar-refractivity contribution in [1.82, 2.24) is 4.98 Å². The molecule has 1 aliphatic rings. The summed E-state index contributed by atoms with van der Waals surface area (Å²) in [4.78, 5) is 29.2. The van der Waals surface area contributed by atoms with Crippen molar-refractivity contribution >= 4 is 44.5 Å². The van der Waals surface area contributed by atoms with Crippen LogP contribution in [0.2, 0.25) is 0 Å². The average Bonchev–Trinajstić information content (AvgIpc) is 3.01. The molecular formula is C22H24N4O3S. The van der Waals surface area contributed by atoms with Crippen molar-refractivity contribution < 1.29 is 9.72 Å². The Bertz CT molecular complexity index is 1160. The van der Waals surface area contributed by atoms with Crippen molar-refractivity contribution in [1.29, 1.82) is 0 Å². The quantitative estimate of drug-likeness (QED) is 0.444. The summed E-state index contributed by atoms with van der Waals surface area (Å²) >= 11 is 1.26. The van der Waals surface area contributed by atoms with E-state index < -0.39 is 4.92 Å². The molecule has 1 aliphatic carbocycles. The molecule has 0 radical (unpaired) electrons. The molecule has 0 spiro atoms. The van der Waals surface area contributed by atoms with Gasteiger partial charge < -0.3 is 11.1 Å². The predicted molar refractivity (Wildman–Crippen MR) is 120 cm³/mol. The maximum atomic E-state index is 12.8. The highest BCUT2D eigenvalue weighted by Crippen LogP contribution is 2.40. The van der Waals surface area contributed by atoms with Crippen molar-refractivity contribution in [3.8, 4) is 0 Å². The van der Waals surface area contributed by atoms with Crippen LogP contribution >= 0.6 is 11.3 Å². The molecule has 1 aromatic carbocycles. The van der Waals surface area contributed by atoms with Gasteiger partial charge in [0, 0.05) is 28.9 Å². The molecule has 1 unspecified atom stereocenters. The maximum absolute atomic E-state index is 12.8. The number of nitro benzene ring substituents is 1. The lowest BCUT2D eigenvalue weighted by Crippen LogP contribution is -2.27. The minimum atomic E-state index is -0.497. The molecule has 156 valence electrons. The van der Waals surface area contributed by atoms with Crippen molar-refractivity contribution in [3.05, 3.63) is 56.6 Å². The number of hydrogen-bond donors (Lipinski definition) is 2. The Hall–Kier alpha value is -3.00. The van der Waals surface area contributed by atoms with E-state index in [0.717, 1.165) is 35.2 Å². The van der Waals surface area contributed by atoms with E-state index in [0.29, 0.717) is 22.2 Å². The molecule has 1 atom stereocenters. The largest absolute Gasteiger partial charge is 0.397 e. The van der Waals surface area contributed by atoms with Gasteiger partial charge in [-0.3, -0.25) is 14.9 Å². The number of hydrogen-bond acceptors (Lipinski definition) is 6. The van der Waals surface area contributed by atoms with Gasteiger partial charge in [0.25, 0.3) is 11.6 Å². The number of amides is 1. The first kappa shape index (κ1) is 20.3. The number of nitrogens with two attached hydrogens (primary N) is 1. The molecule has 0 bridgehead atoms. The molecule has 3 N–H and O–H groups in total. The first-order valence-corrected chi connectivity index (χ1v) is 10.7. The minimum absolute atomic E-state index is 0.0835. The Morgan fingerprint density at radius 1 is 1.33 bits per heavy atom. The number of non-ortho nitro benzene ring substituents is 1. The Morgan fingerprint density at radius 2 is 2.10 bits per heavy atom. The van der Waals surface area contributed by atoms with Crippen molar-refractivity contribution in [3.63, 3.8) is 0 Å². The zero-order valence-corrected chi connectivity index (χ0v) is 18.0. The zero-order valence-electron chi connectivity index (χ0n) is 17.2. The SMILES string of the molecule is CC(C)(C)C1CCc2nc3sc(C(=O)Nc4cccc([N+](=O)[O-])c4)c(N)c3cc2C1. The van der Waals surface area contributed by atoms with Crippen LogP contribution in [-0.2, 0) is 12.8 Å². The molecule has 2 aromatic heterocycles. The second-order valence-electron chi connectivity index (χ2n) is 8.86. The summed E-state index contributed by atoms with van der Waals surface area (Å²) in [6.07, 6.45) is 3.00. The van der Waals surface area contributed by atoms with Gasteiger partial charge in [-0.25, -0.2) is 4.98 Å². The number of rotatable bonds is 3. The van der Waals surface area contributed by atoms with Crippen LogP contribution in [0, 0.1) is 21.4 Å². The summed E-state index contributed by atoms with van der Waals surface area (Å²) in [7, 11) is 0. The van der Waals surface area contributed by atoms with Crippen LogP contribution in [0.5, 0.6) is 0 Å². The molecule has 7 nitrogen and oxygen atoms in total. The Labute approximate surface area is 178 Å². The lowest BCUT2D eigenvalue weighted by atomic mass is 9.71. The van der Waals surface area contributed by atoms with Crippen LogP contribution in [0.15, 0.2) is 30.3 Å². The summed E-state index contributed by atoms with van der Waals surface area (Å²) in [6, 6.07) is 7.93. The second kappa shape index (κ2) is 7.36. The number of aromatic nitrogens is 1. The molecule has 3 aromatic rings. The molecule has 4 rings (SSSR count). The molecule has 8 heteroatoms. The number of nitrogen functional groups attached to an aromatic ring is 1. The molecule has 1 amide bonds. The van der Waals surface area contributed by atoms with Gasteiger partial charge in [-0.2, -0.15) is 0 Å². The van der Waals surface area contributed by atoms with Gasteiger partial charge in [0.15, 0.2) is 0 Å². The van der Waals surface area contributed by atoms with Crippen molar-refractivity contribution in [2.24, 2.45) is 11.3 Å². The average molecular weight is 425 g/mol. The number of benzene rings is 1. The molecule has 0 saturated heterocycles. The number of nitrogens with zero attached hydrogens (tertiary/aromatic N) is 2. The van der Waals surface area contributed by atoms with E-state index in [1.165, 1.54) is 35.1 Å². The van der Waals surface area contributed by atoms with Crippen LogP contribution in [0.1, 0.15) is 48.1 Å². The second-order valence-corrected chi connectivity index (χ2v) is 9.86. The van der Waals surface area contributed by atoms with Crippen molar-refractivity contribution in [2.75, 3.05) is 11.1 Å². The van der Waals surface area contributed by atoms with E-state index >= 15 is 0 Å². The Morgan fingerprint density at radius 3 is 2.80 bits per heavy atom. The van der Waals surface area contributed by atoms with Gasteiger partial charge in [0.05, 0.1) is 10.6 Å². The van der Waals surface area contributed by atoms with Crippen LogP contribution in [0.3, 0.4) is 0 Å². The van der Waals surface area contributed by atoms with Crippen LogP contribution in [0.4, 0.5) is 17.1 Å². The van der Waals surface area contributed by atoms with E-state index in [-0.39, 0.29) is 17.0 Å². The number of nitrogens with one attached hydrogen (secondary N) is 1. The first-order valence-electron chi connectivity index (χ1n) is 9.90. The van der Waals surface area contributed by atoms with Gasteiger partial charge >= 0.3 is 0 Å². The van der Waals surface area contributed by atoms with Crippen molar-refractivity contribution in [2.45, 2.75) is 40.0 Å². The lowest BCUT2D eigenvalue weighted by molar-refractivity contribution is -0.384. The van der Waals surface area contributed by atoms with E-state index in [2.05, 4.69) is 32.2 Å². The Balaban J connectivity index is 1.65. The van der Waals surface area contributed by atoms with Gasteiger partial charge in [0.2, 0.25) is 0 Å². The highest BCUT2D eigenvalue weighted by Gasteiger charge is 2.30. The van der Waals surface area contributed by atoms with E-state index in [1.807, 2.05) is 0 Å². The number of anilines is 2. The van der Waals surface area contributed by atoms with Gasteiger partial charge in [-0.05, 0) is 48.3 Å².